The van der Waals surface area contributed by atoms with Crippen molar-refractivity contribution in [1.82, 2.24) is 10.6 Å². The Morgan fingerprint density at radius 2 is 1.68 bits per heavy atom. The van der Waals surface area contributed by atoms with E-state index in [1.165, 1.54) is 6.21 Å². The van der Waals surface area contributed by atoms with Gasteiger partial charge in [0, 0.05) is 6.21 Å². The van der Waals surface area contributed by atoms with Crippen LogP contribution < -0.4 is 15.4 Å². The van der Waals surface area contributed by atoms with E-state index >= 15 is 0 Å². The quantitative estimate of drug-likeness (QED) is 0.607. The van der Waals surface area contributed by atoms with Gasteiger partial charge in [-0.05, 0) is 24.3 Å². The molecule has 98 valence electrons. The molecule has 0 radical (unpaired) electrons. The Hall–Kier alpha value is -2.70. The topological polar surface area (TPSA) is 96.9 Å². The number of nitrogens with one attached hydrogen (secondary N) is 2. The molecule has 7 nitrogen and oxygen atoms in total. The van der Waals surface area contributed by atoms with E-state index in [9.17, 15) is 14.4 Å². The highest BCUT2D eigenvalue weighted by Crippen LogP contribution is 2.17. The smallest absolute Gasteiger partial charge is 0.328 e. The second kappa shape index (κ2) is 5.30. The maximum absolute atomic E-state index is 11.4. The number of nitrogens with zero attached hydrogens (tertiary/aromatic N) is 1. The molecule has 4 amide bonds. The lowest BCUT2D eigenvalue weighted by molar-refractivity contribution is -0.132. The van der Waals surface area contributed by atoms with Crippen LogP contribution in [0.25, 0.3) is 0 Å². The molecule has 0 saturated carbocycles. The summed E-state index contributed by atoms with van der Waals surface area (Å²) in [6.45, 7) is 0. The zero-order valence-corrected chi connectivity index (χ0v) is 10.0. The summed E-state index contributed by atoms with van der Waals surface area (Å²) in [6, 6.07) is 5.95. The number of hydrogen-bond acceptors (Lipinski definition) is 5. The van der Waals surface area contributed by atoms with Crippen molar-refractivity contribution in [3.63, 3.8) is 0 Å². The number of carbonyl (C=O) groups excluding carboxylic acids is 3. The minimum atomic E-state index is -1.11. The monoisotopic (exact) mass is 261 g/mol. The lowest BCUT2D eigenvalue weighted by atomic mass is 10.1. The molecule has 1 aromatic carbocycles. The van der Waals surface area contributed by atoms with Crippen LogP contribution in [0.2, 0.25) is 0 Å². The number of benzene rings is 1. The minimum Gasteiger partial charge on any atom is -0.497 e. The van der Waals surface area contributed by atoms with Gasteiger partial charge in [0.25, 0.3) is 0 Å². The number of aliphatic imine (C=N–C) groups is 1. The first-order valence-electron chi connectivity index (χ1n) is 5.44. The van der Waals surface area contributed by atoms with E-state index in [4.69, 9.17) is 4.74 Å². The average molecular weight is 261 g/mol. The largest absolute Gasteiger partial charge is 0.497 e. The van der Waals surface area contributed by atoms with E-state index in [0.717, 1.165) is 0 Å². The number of methoxy groups -OCH3 is 1. The predicted octanol–water partition coefficient (Wildman–Crippen LogP) is 0.380. The van der Waals surface area contributed by atoms with Crippen LogP contribution in [-0.4, -0.2) is 31.2 Å². The molecule has 2 N–H and O–H groups in total. The van der Waals surface area contributed by atoms with Gasteiger partial charge in [0.1, 0.15) is 5.75 Å². The first-order valence-corrected chi connectivity index (χ1v) is 5.44. The van der Waals surface area contributed by atoms with Crippen LogP contribution in [0, 0.1) is 5.92 Å². The van der Waals surface area contributed by atoms with Gasteiger partial charge in [-0.3, -0.25) is 25.2 Å². The van der Waals surface area contributed by atoms with Crippen molar-refractivity contribution in [2.24, 2.45) is 10.9 Å². The highest BCUT2D eigenvalue weighted by molar-refractivity contribution is 6.23. The van der Waals surface area contributed by atoms with E-state index in [2.05, 4.69) is 4.99 Å². The van der Waals surface area contributed by atoms with Crippen molar-refractivity contribution < 1.29 is 19.1 Å². The number of imide groups is 2. The third-order valence-corrected chi connectivity index (χ3v) is 2.48. The maximum atomic E-state index is 11.4. The second-order valence-corrected chi connectivity index (χ2v) is 3.76. The zero-order valence-electron chi connectivity index (χ0n) is 10.0. The van der Waals surface area contributed by atoms with Gasteiger partial charge in [0.15, 0.2) is 5.92 Å². The normalized spacial score (nSPS) is 16.4. The zero-order chi connectivity index (χ0) is 13.8. The third kappa shape index (κ3) is 2.95. The number of ether oxygens (including phenoxy) is 1. The third-order valence-electron chi connectivity index (χ3n) is 2.48. The molecule has 2 rings (SSSR count). The summed E-state index contributed by atoms with van der Waals surface area (Å²) in [5.41, 5.74) is 0.568. The van der Waals surface area contributed by atoms with Crippen molar-refractivity contribution in [3.8, 4) is 5.75 Å². The summed E-state index contributed by atoms with van der Waals surface area (Å²) < 4.78 is 4.99. The summed E-state index contributed by atoms with van der Waals surface area (Å²) in [7, 11) is 1.55. The maximum Gasteiger partial charge on any atom is 0.328 e. The van der Waals surface area contributed by atoms with Gasteiger partial charge in [-0.25, -0.2) is 4.79 Å². The Balaban J connectivity index is 2.10. The molecule has 0 spiro atoms. The van der Waals surface area contributed by atoms with E-state index < -0.39 is 23.8 Å². The van der Waals surface area contributed by atoms with E-state index in [0.29, 0.717) is 11.4 Å². The molecular formula is C12H11N3O4. The summed E-state index contributed by atoms with van der Waals surface area (Å²) in [5, 5.41) is 3.99. The number of barbiturate groups is 1. The average Bonchev–Trinajstić information content (AvgIpc) is 2.38. The molecule has 0 aromatic heterocycles. The van der Waals surface area contributed by atoms with Crippen LogP contribution in [0.3, 0.4) is 0 Å². The molecule has 1 heterocycles. The van der Waals surface area contributed by atoms with Crippen LogP contribution in [0.4, 0.5) is 10.5 Å². The molecular weight excluding hydrogens is 250 g/mol. The van der Waals surface area contributed by atoms with Crippen molar-refractivity contribution in [1.29, 1.82) is 0 Å². The summed E-state index contributed by atoms with van der Waals surface area (Å²) in [6.07, 6.45) is 1.19. The van der Waals surface area contributed by atoms with E-state index in [-0.39, 0.29) is 0 Å². The van der Waals surface area contributed by atoms with Gasteiger partial charge in [-0.2, -0.15) is 0 Å². The van der Waals surface area contributed by atoms with Crippen molar-refractivity contribution >= 4 is 29.7 Å². The predicted molar refractivity (Wildman–Crippen MR) is 66.3 cm³/mol. The lowest BCUT2D eigenvalue weighted by Crippen LogP contribution is -2.56. The van der Waals surface area contributed by atoms with E-state index in [1.807, 2.05) is 10.6 Å². The molecule has 0 bridgehead atoms. The Labute approximate surface area is 108 Å². The van der Waals surface area contributed by atoms with Crippen molar-refractivity contribution in [3.05, 3.63) is 24.3 Å². The summed E-state index contributed by atoms with van der Waals surface area (Å²) in [5.74, 6) is -1.81. The van der Waals surface area contributed by atoms with Gasteiger partial charge in [0.2, 0.25) is 11.8 Å². The fourth-order valence-electron chi connectivity index (χ4n) is 1.49. The number of carbonyl (C=O) groups is 3. The van der Waals surface area contributed by atoms with Crippen molar-refractivity contribution in [2.45, 2.75) is 0 Å². The molecule has 1 aromatic rings. The number of rotatable bonds is 3. The molecule has 0 aliphatic carbocycles. The molecule has 7 heteroatoms. The fourth-order valence-corrected chi connectivity index (χ4v) is 1.49. The molecule has 0 atom stereocenters. The number of amides is 4. The molecule has 1 aliphatic rings. The van der Waals surface area contributed by atoms with Crippen LogP contribution in [0.5, 0.6) is 5.75 Å². The molecule has 0 unspecified atom stereocenters. The Kier molecular flexibility index (Phi) is 3.56. The Bertz CT molecular complexity index is 531. The Morgan fingerprint density at radius 3 is 2.21 bits per heavy atom. The standard InChI is InChI=1S/C12H11N3O4/c1-19-8-4-2-7(3-5-8)13-6-9-10(16)14-12(18)15-11(9)17/h2-6,9H,1H3,(H2,14,15,16,17,18). The highest BCUT2D eigenvalue weighted by atomic mass is 16.5. The van der Waals surface area contributed by atoms with Gasteiger partial charge in [0.05, 0.1) is 12.8 Å². The highest BCUT2D eigenvalue weighted by Gasteiger charge is 2.32. The van der Waals surface area contributed by atoms with Crippen LogP contribution in [0.1, 0.15) is 0 Å². The molecule has 1 fully saturated rings. The van der Waals surface area contributed by atoms with E-state index in [1.54, 1.807) is 31.4 Å². The van der Waals surface area contributed by atoms with Gasteiger partial charge >= 0.3 is 6.03 Å². The number of urea groups is 1. The van der Waals surface area contributed by atoms with Crippen LogP contribution in [0.15, 0.2) is 29.3 Å². The first-order chi connectivity index (χ1) is 9.10. The Morgan fingerprint density at radius 1 is 1.11 bits per heavy atom. The first kappa shape index (κ1) is 12.7. The van der Waals surface area contributed by atoms with Gasteiger partial charge in [-0.1, -0.05) is 0 Å². The van der Waals surface area contributed by atoms with Crippen LogP contribution in [-0.2, 0) is 9.59 Å². The van der Waals surface area contributed by atoms with Gasteiger partial charge < -0.3 is 4.74 Å². The molecule has 19 heavy (non-hydrogen) atoms. The molecule has 1 saturated heterocycles. The van der Waals surface area contributed by atoms with Crippen molar-refractivity contribution in [2.75, 3.05) is 7.11 Å². The SMILES string of the molecule is COc1ccc(N=CC2C(=O)NC(=O)NC2=O)cc1. The second-order valence-electron chi connectivity index (χ2n) is 3.76. The minimum absolute atomic E-state index is 0.568. The fraction of sp³-hybridized carbons (Fsp3) is 0.167. The summed E-state index contributed by atoms with van der Waals surface area (Å²) >= 11 is 0. The molecule has 1 aliphatic heterocycles. The summed E-state index contributed by atoms with van der Waals surface area (Å²) in [4.78, 5) is 37.7. The van der Waals surface area contributed by atoms with Crippen LogP contribution >= 0.6 is 0 Å². The number of hydrogen-bond donors (Lipinski definition) is 2. The van der Waals surface area contributed by atoms with Gasteiger partial charge in [-0.15, -0.1) is 0 Å². The lowest BCUT2D eigenvalue weighted by Gasteiger charge is -2.16.